The number of carbonyl (C=O) groups excluding carboxylic acids is 1. The lowest BCUT2D eigenvalue weighted by molar-refractivity contribution is -0.115. The van der Waals surface area contributed by atoms with Crippen LogP contribution in [-0.2, 0) is 11.2 Å². The van der Waals surface area contributed by atoms with Gasteiger partial charge in [0, 0.05) is 17.5 Å². The molecule has 2 aliphatic rings. The molecule has 2 fully saturated rings. The molecule has 14 heteroatoms. The molecule has 1 aliphatic heterocycles. The SMILES string of the molecule is CC(O)Nc1nnc([C@H]2CCC[C@H](c3nnc(NC(=O)Cc4ccc(N5CC(F)(F)C5)cn4)s3)C2)s1. The van der Waals surface area contributed by atoms with Crippen LogP contribution in [0.15, 0.2) is 18.3 Å². The highest BCUT2D eigenvalue weighted by Crippen LogP contribution is 2.43. The van der Waals surface area contributed by atoms with Gasteiger partial charge in [-0.15, -0.1) is 20.4 Å². The average molecular weight is 537 g/mol. The van der Waals surface area contributed by atoms with Crippen LogP contribution < -0.4 is 15.5 Å². The molecular weight excluding hydrogens is 510 g/mol. The van der Waals surface area contributed by atoms with Gasteiger partial charge in [0.25, 0.3) is 5.92 Å². The van der Waals surface area contributed by atoms with Crippen molar-refractivity contribution in [2.45, 2.75) is 63.0 Å². The number of aromatic nitrogens is 5. The predicted molar refractivity (Wildman–Crippen MR) is 133 cm³/mol. The fraction of sp³-hybridized carbons (Fsp3) is 0.545. The summed E-state index contributed by atoms with van der Waals surface area (Å²) < 4.78 is 26.1. The zero-order chi connectivity index (χ0) is 25.3. The van der Waals surface area contributed by atoms with E-state index in [1.165, 1.54) is 28.9 Å². The monoisotopic (exact) mass is 536 g/mol. The Kier molecular flexibility index (Phi) is 7.08. The van der Waals surface area contributed by atoms with Gasteiger partial charge in [-0.25, -0.2) is 8.78 Å². The molecule has 1 aliphatic carbocycles. The summed E-state index contributed by atoms with van der Waals surface area (Å²) in [6.07, 6.45) is 4.82. The highest BCUT2D eigenvalue weighted by atomic mass is 32.1. The average Bonchev–Trinajstić information content (AvgIpc) is 3.47. The first-order valence-corrected chi connectivity index (χ1v) is 13.4. The van der Waals surface area contributed by atoms with E-state index >= 15 is 0 Å². The standard InChI is InChI=1S/C22H26F2N8O2S2/c1-12(33)26-20-30-28-18(35-20)13-3-2-4-14(7-13)19-29-31-21(36-19)27-17(34)8-15-5-6-16(9-25-15)32-10-22(23,24)11-32/h5-6,9,12-14,33H,2-4,7-8,10-11H2,1H3,(H,26,30)(H,27,31,34)/t12?,13-,14-/m0/s1. The molecule has 0 bridgehead atoms. The highest BCUT2D eigenvalue weighted by molar-refractivity contribution is 7.15. The van der Waals surface area contributed by atoms with Crippen molar-refractivity contribution in [1.82, 2.24) is 25.4 Å². The van der Waals surface area contributed by atoms with Crippen LogP contribution in [0.4, 0.5) is 24.7 Å². The normalized spacial score (nSPS) is 22.1. The van der Waals surface area contributed by atoms with Gasteiger partial charge in [0.2, 0.25) is 16.2 Å². The number of nitrogens with zero attached hydrogens (tertiary/aromatic N) is 6. The Morgan fingerprint density at radius 2 is 1.81 bits per heavy atom. The van der Waals surface area contributed by atoms with E-state index in [9.17, 15) is 18.7 Å². The number of hydrogen-bond acceptors (Lipinski definition) is 11. The molecule has 10 nitrogen and oxygen atoms in total. The highest BCUT2D eigenvalue weighted by Gasteiger charge is 2.44. The van der Waals surface area contributed by atoms with Crippen LogP contribution in [0.2, 0.25) is 0 Å². The topological polar surface area (TPSA) is 129 Å². The Hall–Kier alpha value is -2.84. The summed E-state index contributed by atoms with van der Waals surface area (Å²) in [4.78, 5) is 18.3. The zero-order valence-corrected chi connectivity index (χ0v) is 21.2. The van der Waals surface area contributed by atoms with Crippen molar-refractivity contribution in [3.63, 3.8) is 0 Å². The minimum absolute atomic E-state index is 0.0523. The second-order valence-electron chi connectivity index (χ2n) is 9.22. The molecule has 1 saturated heterocycles. The molecule has 3 N–H and O–H groups in total. The van der Waals surface area contributed by atoms with Gasteiger partial charge >= 0.3 is 0 Å². The molecule has 0 spiro atoms. The number of anilines is 3. The molecule has 3 aromatic rings. The summed E-state index contributed by atoms with van der Waals surface area (Å²) in [6, 6.07) is 3.38. The number of nitrogens with one attached hydrogen (secondary N) is 2. The van der Waals surface area contributed by atoms with Gasteiger partial charge in [-0.1, -0.05) is 29.1 Å². The van der Waals surface area contributed by atoms with E-state index in [1.807, 2.05) is 0 Å². The summed E-state index contributed by atoms with van der Waals surface area (Å²) in [5.41, 5.74) is 1.17. The minimum Gasteiger partial charge on any atom is -0.374 e. The Morgan fingerprint density at radius 3 is 2.42 bits per heavy atom. The fourth-order valence-corrected chi connectivity index (χ4v) is 6.33. The maximum Gasteiger partial charge on any atom is 0.282 e. The van der Waals surface area contributed by atoms with E-state index in [4.69, 9.17) is 0 Å². The van der Waals surface area contributed by atoms with Gasteiger partial charge in [-0.3, -0.25) is 9.78 Å². The van der Waals surface area contributed by atoms with Gasteiger partial charge < -0.3 is 20.6 Å². The second-order valence-corrected chi connectivity index (χ2v) is 11.2. The molecule has 5 rings (SSSR count). The Labute approximate surface area is 214 Å². The number of pyridine rings is 1. The first-order valence-electron chi connectivity index (χ1n) is 11.7. The van der Waals surface area contributed by atoms with Crippen molar-refractivity contribution in [3.05, 3.63) is 34.0 Å². The van der Waals surface area contributed by atoms with Gasteiger partial charge in [0.1, 0.15) is 16.2 Å². The number of carbonyl (C=O) groups is 1. The van der Waals surface area contributed by atoms with Crippen LogP contribution in [0.25, 0.3) is 0 Å². The van der Waals surface area contributed by atoms with Crippen LogP contribution in [0.3, 0.4) is 0 Å². The summed E-state index contributed by atoms with van der Waals surface area (Å²) in [5.74, 6) is -2.41. The number of hydrogen-bond donors (Lipinski definition) is 3. The maximum absolute atomic E-state index is 13.0. The Bertz CT molecular complexity index is 1190. The molecule has 0 radical (unpaired) electrons. The van der Waals surface area contributed by atoms with Crippen LogP contribution >= 0.6 is 22.7 Å². The molecular formula is C22H26F2N8O2S2. The number of aliphatic hydroxyl groups is 1. The van der Waals surface area contributed by atoms with Crippen molar-refractivity contribution in [2.75, 3.05) is 28.6 Å². The van der Waals surface area contributed by atoms with E-state index in [2.05, 4.69) is 36.0 Å². The lowest BCUT2D eigenvalue weighted by Crippen LogP contribution is -2.56. The summed E-state index contributed by atoms with van der Waals surface area (Å²) in [5, 5.41) is 34.9. The van der Waals surface area contributed by atoms with E-state index in [0.29, 0.717) is 21.6 Å². The lowest BCUT2D eigenvalue weighted by atomic mass is 9.82. The van der Waals surface area contributed by atoms with Crippen LogP contribution in [-0.4, -0.2) is 61.6 Å². The largest absolute Gasteiger partial charge is 0.374 e. The third kappa shape index (κ3) is 5.93. The van der Waals surface area contributed by atoms with E-state index in [-0.39, 0.29) is 37.3 Å². The molecule has 36 heavy (non-hydrogen) atoms. The number of rotatable bonds is 8. The van der Waals surface area contributed by atoms with E-state index in [0.717, 1.165) is 35.7 Å². The second kappa shape index (κ2) is 10.3. The first kappa shape index (κ1) is 24.8. The zero-order valence-electron chi connectivity index (χ0n) is 19.5. The molecule has 192 valence electrons. The fourth-order valence-electron chi connectivity index (χ4n) is 4.46. The summed E-state index contributed by atoms with van der Waals surface area (Å²) in [6.45, 7) is 1.02. The minimum atomic E-state index is -2.64. The predicted octanol–water partition coefficient (Wildman–Crippen LogP) is 3.61. The van der Waals surface area contributed by atoms with Crippen molar-refractivity contribution in [1.29, 1.82) is 0 Å². The van der Waals surface area contributed by atoms with Gasteiger partial charge in [-0.2, -0.15) is 0 Å². The van der Waals surface area contributed by atoms with E-state index < -0.39 is 12.2 Å². The smallest absolute Gasteiger partial charge is 0.282 e. The number of halogens is 2. The van der Waals surface area contributed by atoms with Crippen molar-refractivity contribution >= 4 is 44.5 Å². The maximum atomic E-state index is 13.0. The van der Waals surface area contributed by atoms with Gasteiger partial charge in [-0.05, 0) is 38.3 Å². The number of aliphatic hydroxyl groups excluding tert-OH is 1. The number of amides is 1. The van der Waals surface area contributed by atoms with Crippen LogP contribution in [0, 0.1) is 0 Å². The van der Waals surface area contributed by atoms with Gasteiger partial charge in [0.15, 0.2) is 0 Å². The third-order valence-electron chi connectivity index (χ3n) is 6.19. The third-order valence-corrected chi connectivity index (χ3v) is 8.21. The molecule has 0 aromatic carbocycles. The van der Waals surface area contributed by atoms with Crippen molar-refractivity contribution in [2.24, 2.45) is 0 Å². The molecule has 3 aromatic heterocycles. The van der Waals surface area contributed by atoms with Crippen molar-refractivity contribution in [3.8, 4) is 0 Å². The molecule has 1 amide bonds. The first-order chi connectivity index (χ1) is 17.2. The van der Waals surface area contributed by atoms with Crippen molar-refractivity contribution < 1.29 is 18.7 Å². The molecule has 4 heterocycles. The Balaban J connectivity index is 1.14. The summed E-state index contributed by atoms with van der Waals surface area (Å²) in [7, 11) is 0. The molecule has 1 unspecified atom stereocenters. The summed E-state index contributed by atoms with van der Waals surface area (Å²) >= 11 is 2.84. The van der Waals surface area contributed by atoms with Crippen LogP contribution in [0.5, 0.6) is 0 Å². The van der Waals surface area contributed by atoms with Gasteiger partial charge in [0.05, 0.1) is 31.4 Å². The van der Waals surface area contributed by atoms with E-state index in [1.54, 1.807) is 24.0 Å². The number of alkyl halides is 2. The Morgan fingerprint density at radius 1 is 1.14 bits per heavy atom. The lowest BCUT2D eigenvalue weighted by Gasteiger charge is -2.40. The molecule has 3 atom stereocenters. The molecule has 1 saturated carbocycles. The quantitative estimate of drug-likeness (QED) is 0.370. The van der Waals surface area contributed by atoms with Crippen LogP contribution in [0.1, 0.15) is 60.2 Å².